The quantitative estimate of drug-likeness (QED) is 0.615. The third-order valence-corrected chi connectivity index (χ3v) is 5.07. The number of ether oxygens (including phenoxy) is 2. The molecule has 1 aliphatic heterocycles. The zero-order chi connectivity index (χ0) is 20.8. The van der Waals surface area contributed by atoms with Crippen LogP contribution < -0.4 is 19.7 Å². The standard InChI is InChI=1S/C23H27N5O2/c1-17-26-21(24-12-10-18-8-9-23(29-2)25-15-18)14-22(27-17)28-13-11-20(16-28)30-19-6-4-3-5-7-19/h3-9,14-15,20H,10-13,16H2,1-2H3,(H,24,26,27)/t20-/m0/s1. The molecule has 0 spiro atoms. The van der Waals surface area contributed by atoms with Crippen molar-refractivity contribution in [2.75, 3.05) is 37.0 Å². The Labute approximate surface area is 177 Å². The fourth-order valence-electron chi connectivity index (χ4n) is 3.54. The first-order chi connectivity index (χ1) is 14.7. The molecule has 0 bridgehead atoms. The van der Waals surface area contributed by atoms with Crippen LogP contribution in [0.4, 0.5) is 11.6 Å². The Kier molecular flexibility index (Phi) is 6.27. The lowest BCUT2D eigenvalue weighted by Gasteiger charge is -2.19. The highest BCUT2D eigenvalue weighted by Crippen LogP contribution is 2.24. The first-order valence-corrected chi connectivity index (χ1v) is 10.2. The normalized spacial score (nSPS) is 15.8. The van der Waals surface area contributed by atoms with E-state index >= 15 is 0 Å². The smallest absolute Gasteiger partial charge is 0.212 e. The van der Waals surface area contributed by atoms with Gasteiger partial charge in [0.05, 0.1) is 13.7 Å². The monoisotopic (exact) mass is 405 g/mol. The maximum Gasteiger partial charge on any atom is 0.212 e. The number of nitrogens with zero attached hydrogens (tertiary/aromatic N) is 4. The van der Waals surface area contributed by atoms with Gasteiger partial charge in [0.25, 0.3) is 0 Å². The number of pyridine rings is 1. The average molecular weight is 406 g/mol. The number of hydrogen-bond donors (Lipinski definition) is 1. The summed E-state index contributed by atoms with van der Waals surface area (Å²) in [6, 6.07) is 15.9. The van der Waals surface area contributed by atoms with E-state index in [0.717, 1.165) is 61.2 Å². The fourth-order valence-corrected chi connectivity index (χ4v) is 3.54. The Morgan fingerprint density at radius 3 is 2.77 bits per heavy atom. The molecule has 0 saturated carbocycles. The van der Waals surface area contributed by atoms with Gasteiger partial charge in [-0.2, -0.15) is 0 Å². The molecule has 0 amide bonds. The van der Waals surface area contributed by atoms with Gasteiger partial charge in [-0.1, -0.05) is 24.3 Å². The molecule has 1 aromatic carbocycles. The number of anilines is 2. The van der Waals surface area contributed by atoms with Crippen LogP contribution in [0.15, 0.2) is 54.7 Å². The Morgan fingerprint density at radius 2 is 2.00 bits per heavy atom. The minimum Gasteiger partial charge on any atom is -0.489 e. The van der Waals surface area contributed by atoms with Crippen LogP contribution in [-0.2, 0) is 6.42 Å². The van der Waals surface area contributed by atoms with Crippen LogP contribution in [0.25, 0.3) is 0 Å². The van der Waals surface area contributed by atoms with Gasteiger partial charge in [0.15, 0.2) is 0 Å². The lowest BCUT2D eigenvalue weighted by Crippen LogP contribution is -2.25. The molecule has 156 valence electrons. The molecular formula is C23H27N5O2. The molecule has 1 saturated heterocycles. The van der Waals surface area contributed by atoms with Crippen molar-refractivity contribution in [2.45, 2.75) is 25.9 Å². The molecule has 1 N–H and O–H groups in total. The van der Waals surface area contributed by atoms with Gasteiger partial charge in [0.1, 0.15) is 29.3 Å². The Bertz CT molecular complexity index is 950. The highest BCUT2D eigenvalue weighted by atomic mass is 16.5. The van der Waals surface area contributed by atoms with E-state index in [-0.39, 0.29) is 6.10 Å². The number of rotatable bonds is 8. The fraction of sp³-hybridized carbons (Fsp3) is 0.348. The highest BCUT2D eigenvalue weighted by Gasteiger charge is 2.25. The van der Waals surface area contributed by atoms with Crippen molar-refractivity contribution in [2.24, 2.45) is 0 Å². The molecule has 0 radical (unpaired) electrons. The SMILES string of the molecule is COc1ccc(CCNc2cc(N3CC[C@H](Oc4ccccc4)C3)nc(C)n2)cn1. The predicted molar refractivity (Wildman–Crippen MR) is 117 cm³/mol. The largest absolute Gasteiger partial charge is 0.489 e. The summed E-state index contributed by atoms with van der Waals surface area (Å²) in [4.78, 5) is 15.7. The minimum atomic E-state index is 0.168. The van der Waals surface area contributed by atoms with Crippen molar-refractivity contribution < 1.29 is 9.47 Å². The minimum absolute atomic E-state index is 0.168. The predicted octanol–water partition coefficient (Wildman–Crippen LogP) is 3.50. The molecule has 0 aliphatic carbocycles. The van der Waals surface area contributed by atoms with Crippen LogP contribution in [0.2, 0.25) is 0 Å². The van der Waals surface area contributed by atoms with E-state index in [1.807, 2.05) is 61.7 Å². The Balaban J connectivity index is 1.33. The number of aryl methyl sites for hydroxylation is 1. The van der Waals surface area contributed by atoms with E-state index < -0.39 is 0 Å². The molecule has 4 rings (SSSR count). The van der Waals surface area contributed by atoms with Gasteiger partial charge in [-0.05, 0) is 31.0 Å². The van der Waals surface area contributed by atoms with E-state index in [0.29, 0.717) is 5.88 Å². The van der Waals surface area contributed by atoms with Gasteiger partial charge in [0.2, 0.25) is 5.88 Å². The zero-order valence-corrected chi connectivity index (χ0v) is 17.4. The summed E-state index contributed by atoms with van der Waals surface area (Å²) in [6.45, 7) is 4.44. The van der Waals surface area contributed by atoms with Gasteiger partial charge in [-0.25, -0.2) is 15.0 Å². The maximum absolute atomic E-state index is 6.10. The third-order valence-electron chi connectivity index (χ3n) is 5.07. The van der Waals surface area contributed by atoms with Crippen LogP contribution in [-0.4, -0.2) is 47.8 Å². The summed E-state index contributed by atoms with van der Waals surface area (Å²) >= 11 is 0. The molecule has 1 fully saturated rings. The third kappa shape index (κ3) is 5.17. The number of aromatic nitrogens is 3. The zero-order valence-electron chi connectivity index (χ0n) is 17.4. The molecule has 7 heteroatoms. The number of benzene rings is 1. The van der Waals surface area contributed by atoms with Gasteiger partial charge in [-0.15, -0.1) is 0 Å². The summed E-state index contributed by atoms with van der Waals surface area (Å²) in [5, 5.41) is 3.41. The van der Waals surface area contributed by atoms with Gasteiger partial charge >= 0.3 is 0 Å². The van der Waals surface area contributed by atoms with Gasteiger partial charge < -0.3 is 19.7 Å². The lowest BCUT2D eigenvalue weighted by molar-refractivity contribution is 0.225. The van der Waals surface area contributed by atoms with E-state index in [9.17, 15) is 0 Å². The number of para-hydroxylation sites is 1. The first-order valence-electron chi connectivity index (χ1n) is 10.2. The highest BCUT2D eigenvalue weighted by molar-refractivity contribution is 5.50. The van der Waals surface area contributed by atoms with Crippen molar-refractivity contribution in [3.05, 3.63) is 66.1 Å². The van der Waals surface area contributed by atoms with Crippen LogP contribution >= 0.6 is 0 Å². The second-order valence-corrected chi connectivity index (χ2v) is 7.33. The summed E-state index contributed by atoms with van der Waals surface area (Å²) in [5.41, 5.74) is 1.15. The molecule has 2 aromatic heterocycles. The van der Waals surface area contributed by atoms with Crippen molar-refractivity contribution in [1.82, 2.24) is 15.0 Å². The van der Waals surface area contributed by atoms with Crippen LogP contribution in [0.3, 0.4) is 0 Å². The molecule has 3 aromatic rings. The summed E-state index contributed by atoms with van der Waals surface area (Å²) in [7, 11) is 1.62. The van der Waals surface area contributed by atoms with Crippen LogP contribution in [0.5, 0.6) is 11.6 Å². The second kappa shape index (κ2) is 9.43. The number of hydrogen-bond acceptors (Lipinski definition) is 7. The first kappa shape index (κ1) is 19.9. The molecule has 0 unspecified atom stereocenters. The number of nitrogens with one attached hydrogen (secondary N) is 1. The molecule has 3 heterocycles. The van der Waals surface area contributed by atoms with E-state index in [1.54, 1.807) is 7.11 Å². The maximum atomic E-state index is 6.10. The van der Waals surface area contributed by atoms with E-state index in [1.165, 1.54) is 0 Å². The summed E-state index contributed by atoms with van der Waals surface area (Å²) in [5.74, 6) is 4.08. The van der Waals surface area contributed by atoms with E-state index in [2.05, 4.69) is 25.2 Å². The van der Waals surface area contributed by atoms with Crippen LogP contribution in [0.1, 0.15) is 17.8 Å². The summed E-state index contributed by atoms with van der Waals surface area (Å²) < 4.78 is 11.2. The van der Waals surface area contributed by atoms with Crippen molar-refractivity contribution in [3.63, 3.8) is 0 Å². The Hall–Kier alpha value is -3.35. The second-order valence-electron chi connectivity index (χ2n) is 7.33. The lowest BCUT2D eigenvalue weighted by atomic mass is 10.2. The molecule has 1 atom stereocenters. The molecule has 30 heavy (non-hydrogen) atoms. The number of methoxy groups -OCH3 is 1. The molecular weight excluding hydrogens is 378 g/mol. The van der Waals surface area contributed by atoms with E-state index in [4.69, 9.17) is 9.47 Å². The van der Waals surface area contributed by atoms with Gasteiger partial charge in [-0.3, -0.25) is 0 Å². The van der Waals surface area contributed by atoms with Crippen LogP contribution in [0, 0.1) is 6.92 Å². The van der Waals surface area contributed by atoms with Crippen molar-refractivity contribution in [1.29, 1.82) is 0 Å². The molecule has 1 aliphatic rings. The van der Waals surface area contributed by atoms with Gasteiger partial charge in [0, 0.05) is 37.8 Å². The van der Waals surface area contributed by atoms with Crippen molar-refractivity contribution >= 4 is 11.6 Å². The topological polar surface area (TPSA) is 72.4 Å². The average Bonchev–Trinajstić information content (AvgIpc) is 3.23. The summed E-state index contributed by atoms with van der Waals surface area (Å²) in [6.07, 6.45) is 3.84. The Morgan fingerprint density at radius 1 is 1.13 bits per heavy atom. The van der Waals surface area contributed by atoms with Crippen molar-refractivity contribution in [3.8, 4) is 11.6 Å². The molecule has 7 nitrogen and oxygen atoms in total.